The lowest BCUT2D eigenvalue weighted by atomic mass is 10.1. The van der Waals surface area contributed by atoms with E-state index in [1.807, 2.05) is 84.9 Å². The van der Waals surface area contributed by atoms with Crippen LogP contribution in [0.3, 0.4) is 0 Å². The van der Waals surface area contributed by atoms with Gasteiger partial charge >= 0.3 is 6.09 Å². The van der Waals surface area contributed by atoms with Gasteiger partial charge in [-0.25, -0.2) is 4.79 Å². The van der Waals surface area contributed by atoms with Crippen molar-refractivity contribution in [2.24, 2.45) is 5.73 Å². The number of nitrogens with two attached hydrogens (primary N) is 1. The summed E-state index contributed by atoms with van der Waals surface area (Å²) in [5.41, 5.74) is 9.46. The van der Waals surface area contributed by atoms with Gasteiger partial charge in [-0.05, 0) is 28.8 Å². The van der Waals surface area contributed by atoms with Gasteiger partial charge < -0.3 is 10.5 Å². The number of hydrogen-bond donors (Lipinski definition) is 1. The van der Waals surface area contributed by atoms with Gasteiger partial charge in [0.05, 0.1) is 6.54 Å². The van der Waals surface area contributed by atoms with Crippen LogP contribution >= 0.6 is 0 Å². The highest BCUT2D eigenvalue weighted by Crippen LogP contribution is 2.20. The predicted octanol–water partition coefficient (Wildman–Crippen LogP) is 4.49. The van der Waals surface area contributed by atoms with Crippen molar-refractivity contribution in [2.75, 3.05) is 4.90 Å². The van der Waals surface area contributed by atoms with Crippen LogP contribution in [0.15, 0.2) is 84.9 Å². The molecule has 0 aliphatic carbocycles. The molecule has 0 bridgehead atoms. The number of amides is 1. The van der Waals surface area contributed by atoms with Crippen LogP contribution in [0.25, 0.3) is 0 Å². The Hall–Kier alpha value is -3.11. The summed E-state index contributed by atoms with van der Waals surface area (Å²) in [7, 11) is 0. The molecule has 3 aromatic rings. The van der Waals surface area contributed by atoms with E-state index < -0.39 is 0 Å². The monoisotopic (exact) mass is 346 g/mol. The molecule has 132 valence electrons. The zero-order chi connectivity index (χ0) is 18.2. The van der Waals surface area contributed by atoms with Gasteiger partial charge in [0, 0.05) is 12.2 Å². The molecule has 2 N–H and O–H groups in total. The lowest BCUT2D eigenvalue weighted by Gasteiger charge is -2.23. The van der Waals surface area contributed by atoms with E-state index in [-0.39, 0.29) is 12.7 Å². The first-order valence-electron chi connectivity index (χ1n) is 8.57. The zero-order valence-corrected chi connectivity index (χ0v) is 14.5. The summed E-state index contributed by atoms with van der Waals surface area (Å²) in [5, 5.41) is 0. The minimum Gasteiger partial charge on any atom is -0.444 e. The van der Waals surface area contributed by atoms with Gasteiger partial charge in [-0.3, -0.25) is 4.90 Å². The molecule has 0 spiro atoms. The summed E-state index contributed by atoms with van der Waals surface area (Å²) in [5.74, 6) is 0. The molecule has 3 aromatic carbocycles. The molecule has 1 amide bonds. The number of carbonyl (C=O) groups excluding carboxylic acids is 1. The minimum absolute atomic E-state index is 0.242. The van der Waals surface area contributed by atoms with E-state index in [9.17, 15) is 4.79 Å². The summed E-state index contributed by atoms with van der Waals surface area (Å²) in [6.45, 7) is 1.15. The van der Waals surface area contributed by atoms with Crippen molar-refractivity contribution < 1.29 is 9.53 Å². The van der Waals surface area contributed by atoms with Crippen LogP contribution in [0.2, 0.25) is 0 Å². The minimum atomic E-state index is -0.377. The number of benzene rings is 3. The van der Waals surface area contributed by atoms with E-state index in [1.54, 1.807) is 4.90 Å². The average Bonchev–Trinajstić information content (AvgIpc) is 2.72. The Balaban J connectivity index is 1.77. The van der Waals surface area contributed by atoms with E-state index in [0.717, 1.165) is 22.4 Å². The molecule has 4 heteroatoms. The Labute approximate surface area is 153 Å². The summed E-state index contributed by atoms with van der Waals surface area (Å²) in [6, 6.07) is 27.2. The Bertz CT molecular complexity index is 818. The third-order valence-corrected chi connectivity index (χ3v) is 4.09. The summed E-state index contributed by atoms with van der Waals surface area (Å²) >= 11 is 0. The molecule has 0 aromatic heterocycles. The van der Waals surface area contributed by atoms with Gasteiger partial charge in [0.25, 0.3) is 0 Å². The number of ether oxygens (including phenoxy) is 1. The zero-order valence-electron chi connectivity index (χ0n) is 14.5. The third-order valence-electron chi connectivity index (χ3n) is 4.09. The lowest BCUT2D eigenvalue weighted by Crippen LogP contribution is -2.31. The molecule has 0 aliphatic heterocycles. The second-order valence-electron chi connectivity index (χ2n) is 5.98. The molecule has 0 fully saturated rings. The molecule has 4 nitrogen and oxygen atoms in total. The Morgan fingerprint density at radius 1 is 0.769 bits per heavy atom. The molecule has 0 atom stereocenters. The van der Waals surface area contributed by atoms with E-state index in [0.29, 0.717) is 13.1 Å². The van der Waals surface area contributed by atoms with Crippen LogP contribution in [-0.4, -0.2) is 6.09 Å². The van der Waals surface area contributed by atoms with Gasteiger partial charge in [-0.15, -0.1) is 0 Å². The fourth-order valence-corrected chi connectivity index (χ4v) is 2.64. The fraction of sp³-hybridized carbons (Fsp3) is 0.136. The molecule has 0 unspecified atom stereocenters. The Kier molecular flexibility index (Phi) is 6.01. The summed E-state index contributed by atoms with van der Waals surface area (Å²) < 4.78 is 5.54. The van der Waals surface area contributed by atoms with Crippen molar-refractivity contribution in [2.45, 2.75) is 19.7 Å². The van der Waals surface area contributed by atoms with Gasteiger partial charge in [0.1, 0.15) is 6.61 Å². The quantitative estimate of drug-likeness (QED) is 0.715. The molecule has 0 heterocycles. The van der Waals surface area contributed by atoms with E-state index in [1.165, 1.54) is 0 Å². The first kappa shape index (κ1) is 17.7. The first-order valence-corrected chi connectivity index (χ1v) is 8.57. The van der Waals surface area contributed by atoms with Crippen LogP contribution in [0.4, 0.5) is 10.5 Å². The molecule has 26 heavy (non-hydrogen) atoms. The molecular weight excluding hydrogens is 324 g/mol. The number of rotatable bonds is 6. The van der Waals surface area contributed by atoms with E-state index in [4.69, 9.17) is 10.5 Å². The first-order chi connectivity index (χ1) is 12.8. The maximum atomic E-state index is 12.8. The second kappa shape index (κ2) is 8.83. The van der Waals surface area contributed by atoms with Gasteiger partial charge in [0.2, 0.25) is 0 Å². The molecular formula is C22H22N2O2. The smallest absolute Gasteiger partial charge is 0.414 e. The number of anilines is 1. The maximum absolute atomic E-state index is 12.8. The van der Waals surface area contributed by atoms with Gasteiger partial charge in [0.15, 0.2) is 0 Å². The topological polar surface area (TPSA) is 55.6 Å². The Morgan fingerprint density at radius 3 is 1.92 bits per heavy atom. The molecule has 0 saturated carbocycles. The highest BCUT2D eigenvalue weighted by Gasteiger charge is 2.18. The van der Waals surface area contributed by atoms with Crippen LogP contribution < -0.4 is 10.6 Å². The van der Waals surface area contributed by atoms with E-state index in [2.05, 4.69) is 0 Å². The van der Waals surface area contributed by atoms with E-state index >= 15 is 0 Å². The molecule has 0 radical (unpaired) electrons. The summed E-state index contributed by atoms with van der Waals surface area (Å²) in [6.07, 6.45) is -0.377. The van der Waals surface area contributed by atoms with Crippen LogP contribution in [-0.2, 0) is 24.4 Å². The summed E-state index contributed by atoms with van der Waals surface area (Å²) in [4.78, 5) is 14.4. The number of carbonyl (C=O) groups is 1. The highest BCUT2D eigenvalue weighted by atomic mass is 16.6. The average molecular weight is 346 g/mol. The predicted molar refractivity (Wildman–Crippen MR) is 104 cm³/mol. The lowest BCUT2D eigenvalue weighted by molar-refractivity contribution is 0.146. The van der Waals surface area contributed by atoms with Gasteiger partial charge in [-0.1, -0.05) is 72.8 Å². The van der Waals surface area contributed by atoms with Crippen LogP contribution in [0.5, 0.6) is 0 Å². The second-order valence-corrected chi connectivity index (χ2v) is 5.98. The molecule has 0 aliphatic rings. The van der Waals surface area contributed by atoms with Crippen LogP contribution in [0.1, 0.15) is 16.7 Å². The van der Waals surface area contributed by atoms with Crippen molar-refractivity contribution >= 4 is 11.8 Å². The highest BCUT2D eigenvalue weighted by molar-refractivity contribution is 5.87. The standard InChI is InChI=1S/C22H22N2O2/c23-15-18-11-13-21(14-12-18)24(16-19-7-3-1-4-8-19)22(25)26-17-20-9-5-2-6-10-20/h1-14H,15-17,23H2. The van der Waals surface area contributed by atoms with Crippen molar-refractivity contribution in [3.8, 4) is 0 Å². The molecule has 0 saturated heterocycles. The van der Waals surface area contributed by atoms with Gasteiger partial charge in [-0.2, -0.15) is 0 Å². The van der Waals surface area contributed by atoms with Crippen molar-refractivity contribution in [3.63, 3.8) is 0 Å². The maximum Gasteiger partial charge on any atom is 0.414 e. The Morgan fingerprint density at radius 2 is 1.35 bits per heavy atom. The SMILES string of the molecule is NCc1ccc(N(Cc2ccccc2)C(=O)OCc2ccccc2)cc1. The fourth-order valence-electron chi connectivity index (χ4n) is 2.64. The molecule has 3 rings (SSSR count). The van der Waals surface area contributed by atoms with Crippen molar-refractivity contribution in [3.05, 3.63) is 102 Å². The number of nitrogens with zero attached hydrogens (tertiary/aromatic N) is 1. The third kappa shape index (κ3) is 4.71. The largest absolute Gasteiger partial charge is 0.444 e. The van der Waals surface area contributed by atoms with Crippen molar-refractivity contribution in [1.82, 2.24) is 0 Å². The van der Waals surface area contributed by atoms with Crippen LogP contribution in [0, 0.1) is 0 Å². The number of hydrogen-bond acceptors (Lipinski definition) is 3. The normalized spacial score (nSPS) is 10.3. The van der Waals surface area contributed by atoms with Crippen molar-refractivity contribution in [1.29, 1.82) is 0 Å².